The highest BCUT2D eigenvalue weighted by Crippen LogP contribution is 2.31. The molecule has 0 saturated carbocycles. The van der Waals surface area contributed by atoms with Crippen molar-refractivity contribution >= 4 is 21.6 Å². The normalized spacial score (nSPS) is 24.2. The van der Waals surface area contributed by atoms with Crippen molar-refractivity contribution in [2.75, 3.05) is 13.1 Å². The Bertz CT molecular complexity index is 620. The van der Waals surface area contributed by atoms with Crippen molar-refractivity contribution in [3.05, 3.63) is 28.3 Å². The summed E-state index contributed by atoms with van der Waals surface area (Å²) in [6.07, 6.45) is 1.04. The van der Waals surface area contributed by atoms with Crippen LogP contribution in [-0.4, -0.2) is 30.9 Å². The van der Waals surface area contributed by atoms with E-state index in [4.69, 9.17) is 11.6 Å². The fourth-order valence-electron chi connectivity index (χ4n) is 3.08. The van der Waals surface area contributed by atoms with Gasteiger partial charge in [-0.2, -0.15) is 4.31 Å². The minimum atomic E-state index is -3.58. The lowest BCUT2D eigenvalue weighted by molar-refractivity contribution is 0.222. The van der Waals surface area contributed by atoms with Gasteiger partial charge in [0.25, 0.3) is 0 Å². The zero-order chi connectivity index (χ0) is 15.8. The van der Waals surface area contributed by atoms with Crippen molar-refractivity contribution in [2.45, 2.75) is 38.7 Å². The van der Waals surface area contributed by atoms with Crippen LogP contribution in [0, 0.1) is 18.8 Å². The van der Waals surface area contributed by atoms with Gasteiger partial charge in [-0.15, -0.1) is 0 Å². The van der Waals surface area contributed by atoms with Crippen LogP contribution in [0.1, 0.15) is 31.4 Å². The maximum Gasteiger partial charge on any atom is 0.243 e. The summed E-state index contributed by atoms with van der Waals surface area (Å²) in [7, 11) is -3.58. The van der Waals surface area contributed by atoms with Crippen LogP contribution in [-0.2, 0) is 16.6 Å². The summed E-state index contributed by atoms with van der Waals surface area (Å²) in [5, 5.41) is 9.69. The molecule has 1 heterocycles. The van der Waals surface area contributed by atoms with E-state index >= 15 is 0 Å². The molecule has 1 aliphatic rings. The quantitative estimate of drug-likeness (QED) is 0.926. The van der Waals surface area contributed by atoms with Crippen LogP contribution in [0.5, 0.6) is 0 Å². The molecule has 1 fully saturated rings. The molecular formula is C15H22ClNO3S. The molecule has 1 aromatic rings. The number of rotatable bonds is 3. The van der Waals surface area contributed by atoms with Crippen LogP contribution in [0.2, 0.25) is 5.02 Å². The fourth-order valence-corrected chi connectivity index (χ4v) is 5.36. The summed E-state index contributed by atoms with van der Waals surface area (Å²) in [5.41, 5.74) is 1.13. The second kappa shape index (κ2) is 6.24. The molecule has 4 nitrogen and oxygen atoms in total. The minimum absolute atomic E-state index is 0.209. The third kappa shape index (κ3) is 3.42. The Morgan fingerprint density at radius 3 is 2.38 bits per heavy atom. The van der Waals surface area contributed by atoms with Crippen LogP contribution in [0.15, 0.2) is 17.0 Å². The lowest BCUT2D eigenvalue weighted by atomic mass is 9.94. The molecule has 6 heteroatoms. The van der Waals surface area contributed by atoms with E-state index in [0.29, 0.717) is 41.1 Å². The standard InChI is InChI=1S/C15H22ClNO3S/c1-10-4-11(2)8-17(7-10)21(19,20)15-6-14(16)5-13(9-18)12(15)3/h5-6,10-11,18H,4,7-9H2,1-3H3. The zero-order valence-corrected chi connectivity index (χ0v) is 14.2. The Morgan fingerprint density at radius 2 is 1.86 bits per heavy atom. The van der Waals surface area contributed by atoms with E-state index < -0.39 is 10.0 Å². The molecule has 0 radical (unpaired) electrons. The van der Waals surface area contributed by atoms with Crippen LogP contribution >= 0.6 is 11.6 Å². The van der Waals surface area contributed by atoms with Crippen molar-refractivity contribution in [3.8, 4) is 0 Å². The monoisotopic (exact) mass is 331 g/mol. The molecule has 0 amide bonds. The number of hydrogen-bond acceptors (Lipinski definition) is 3. The molecule has 21 heavy (non-hydrogen) atoms. The highest BCUT2D eigenvalue weighted by molar-refractivity contribution is 7.89. The summed E-state index contributed by atoms with van der Waals surface area (Å²) < 4.78 is 27.4. The third-order valence-electron chi connectivity index (χ3n) is 4.06. The average molecular weight is 332 g/mol. The van der Waals surface area contributed by atoms with E-state index in [9.17, 15) is 13.5 Å². The molecule has 1 N–H and O–H groups in total. The molecule has 2 rings (SSSR count). The largest absolute Gasteiger partial charge is 0.392 e. The lowest BCUT2D eigenvalue weighted by Crippen LogP contribution is -2.42. The van der Waals surface area contributed by atoms with Crippen molar-refractivity contribution < 1.29 is 13.5 Å². The first-order chi connectivity index (χ1) is 9.75. The lowest BCUT2D eigenvalue weighted by Gasteiger charge is -2.34. The molecule has 2 unspecified atom stereocenters. The van der Waals surface area contributed by atoms with E-state index in [-0.39, 0.29) is 11.5 Å². The van der Waals surface area contributed by atoms with Gasteiger partial charge in [-0.1, -0.05) is 25.4 Å². The van der Waals surface area contributed by atoms with E-state index in [2.05, 4.69) is 13.8 Å². The van der Waals surface area contributed by atoms with Gasteiger partial charge in [0.05, 0.1) is 11.5 Å². The molecule has 1 aromatic carbocycles. The van der Waals surface area contributed by atoms with Gasteiger partial charge in [-0.05, 0) is 48.4 Å². The number of hydrogen-bond donors (Lipinski definition) is 1. The number of benzene rings is 1. The van der Waals surface area contributed by atoms with Crippen molar-refractivity contribution in [2.24, 2.45) is 11.8 Å². The smallest absolute Gasteiger partial charge is 0.243 e. The summed E-state index contributed by atoms with van der Waals surface area (Å²) in [5.74, 6) is 0.695. The first-order valence-corrected chi connectivity index (χ1v) is 8.97. The van der Waals surface area contributed by atoms with E-state index in [1.807, 2.05) is 0 Å². The number of aliphatic hydroxyl groups is 1. The second-order valence-electron chi connectivity index (χ2n) is 6.11. The van der Waals surface area contributed by atoms with Crippen LogP contribution in [0.3, 0.4) is 0 Å². The molecule has 0 spiro atoms. The Balaban J connectivity index is 2.47. The molecule has 0 aromatic heterocycles. The Labute approximate surface area is 131 Å². The highest BCUT2D eigenvalue weighted by Gasteiger charge is 2.33. The van der Waals surface area contributed by atoms with Crippen LogP contribution < -0.4 is 0 Å². The molecule has 2 atom stereocenters. The van der Waals surface area contributed by atoms with Gasteiger partial charge in [0.1, 0.15) is 0 Å². The van der Waals surface area contributed by atoms with Crippen molar-refractivity contribution in [1.29, 1.82) is 0 Å². The Kier molecular flexibility index (Phi) is 4.98. The topological polar surface area (TPSA) is 57.6 Å². The van der Waals surface area contributed by atoms with Gasteiger partial charge in [0.15, 0.2) is 0 Å². The van der Waals surface area contributed by atoms with Gasteiger partial charge in [0.2, 0.25) is 10.0 Å². The Hall–Kier alpha value is -0.620. The van der Waals surface area contributed by atoms with E-state index in [1.54, 1.807) is 17.3 Å². The average Bonchev–Trinajstić information content (AvgIpc) is 2.39. The maximum absolute atomic E-state index is 12.9. The van der Waals surface area contributed by atoms with Crippen molar-refractivity contribution in [1.82, 2.24) is 4.31 Å². The summed E-state index contributed by atoms with van der Waals surface area (Å²) in [6, 6.07) is 3.09. The molecule has 118 valence electrons. The van der Waals surface area contributed by atoms with E-state index in [1.165, 1.54) is 6.07 Å². The number of halogens is 1. The van der Waals surface area contributed by atoms with Crippen LogP contribution in [0.25, 0.3) is 0 Å². The zero-order valence-electron chi connectivity index (χ0n) is 12.6. The predicted octanol–water partition coefficient (Wildman–Crippen LogP) is 2.81. The van der Waals surface area contributed by atoms with Crippen LogP contribution in [0.4, 0.5) is 0 Å². The number of sulfonamides is 1. The SMILES string of the molecule is Cc1c(CO)cc(Cl)cc1S(=O)(=O)N1CC(C)CC(C)C1. The first-order valence-electron chi connectivity index (χ1n) is 7.15. The predicted molar refractivity (Wildman–Crippen MR) is 83.8 cm³/mol. The fraction of sp³-hybridized carbons (Fsp3) is 0.600. The molecule has 0 bridgehead atoms. The summed E-state index contributed by atoms with van der Waals surface area (Å²) >= 11 is 6.01. The highest BCUT2D eigenvalue weighted by atomic mass is 35.5. The third-order valence-corrected chi connectivity index (χ3v) is 6.23. The molecule has 1 aliphatic heterocycles. The molecule has 1 saturated heterocycles. The molecular weight excluding hydrogens is 310 g/mol. The van der Waals surface area contributed by atoms with Gasteiger partial charge in [-0.25, -0.2) is 8.42 Å². The van der Waals surface area contributed by atoms with Gasteiger partial charge >= 0.3 is 0 Å². The minimum Gasteiger partial charge on any atom is -0.392 e. The Morgan fingerprint density at radius 1 is 1.29 bits per heavy atom. The van der Waals surface area contributed by atoms with Crippen molar-refractivity contribution in [3.63, 3.8) is 0 Å². The second-order valence-corrected chi connectivity index (χ2v) is 8.46. The van der Waals surface area contributed by atoms with Gasteiger partial charge in [0, 0.05) is 18.1 Å². The van der Waals surface area contributed by atoms with Gasteiger partial charge in [-0.3, -0.25) is 0 Å². The number of nitrogens with zero attached hydrogens (tertiary/aromatic N) is 1. The first kappa shape index (κ1) is 16.7. The number of aliphatic hydroxyl groups excluding tert-OH is 1. The van der Waals surface area contributed by atoms with Gasteiger partial charge < -0.3 is 5.11 Å². The summed E-state index contributed by atoms with van der Waals surface area (Å²) in [4.78, 5) is 0.209. The number of piperidine rings is 1. The van der Waals surface area contributed by atoms with E-state index in [0.717, 1.165) is 6.42 Å². The molecule has 0 aliphatic carbocycles. The maximum atomic E-state index is 12.9. The summed E-state index contributed by atoms with van der Waals surface area (Å²) in [6.45, 7) is 6.71.